The molecule has 0 aliphatic heterocycles. The summed E-state index contributed by atoms with van der Waals surface area (Å²) in [6, 6.07) is 17.5. The van der Waals surface area contributed by atoms with Crippen molar-refractivity contribution in [2.24, 2.45) is 0 Å². The first-order valence-corrected chi connectivity index (χ1v) is 6.60. The molecule has 0 saturated carbocycles. The third-order valence-electron chi connectivity index (χ3n) is 3.15. The highest BCUT2D eigenvalue weighted by Crippen LogP contribution is 2.26. The number of methoxy groups -OCH3 is 1. The number of Topliss-reactive ketones (excluding diaryl/α,β-unsaturated/α-hetero) is 1. The highest BCUT2D eigenvalue weighted by Gasteiger charge is 2.11. The van der Waals surface area contributed by atoms with Gasteiger partial charge in [0, 0.05) is 13.5 Å². The van der Waals surface area contributed by atoms with Crippen LogP contribution in [0.15, 0.2) is 54.6 Å². The quantitative estimate of drug-likeness (QED) is 0.807. The van der Waals surface area contributed by atoms with Crippen LogP contribution in [-0.4, -0.2) is 26.5 Å². The maximum absolute atomic E-state index is 12.1. The number of hydrogen-bond acceptors (Lipinski definition) is 3. The molecule has 0 N–H and O–H groups in total. The fraction of sp³-hybridized carbons (Fsp3) is 0.235. The number of para-hydroxylation sites is 2. The molecule has 0 saturated heterocycles. The second-order valence-corrected chi connectivity index (χ2v) is 4.73. The summed E-state index contributed by atoms with van der Waals surface area (Å²) in [7, 11) is 3.54. The Morgan fingerprint density at radius 3 is 2.40 bits per heavy atom. The summed E-state index contributed by atoms with van der Waals surface area (Å²) in [5, 5.41) is 0. The average Bonchev–Trinajstić information content (AvgIpc) is 2.48. The maximum atomic E-state index is 12.1. The number of hydrogen-bond donors (Lipinski definition) is 0. The summed E-state index contributed by atoms with van der Waals surface area (Å²) in [6.07, 6.45) is 0.459. The third-order valence-corrected chi connectivity index (χ3v) is 3.15. The molecule has 0 aromatic heterocycles. The van der Waals surface area contributed by atoms with Crippen molar-refractivity contribution in [3.05, 3.63) is 60.2 Å². The molecule has 0 aliphatic rings. The van der Waals surface area contributed by atoms with Crippen LogP contribution in [0.25, 0.3) is 0 Å². The first kappa shape index (κ1) is 14.1. The number of ketones is 1. The minimum atomic E-state index is 0.185. The van der Waals surface area contributed by atoms with E-state index in [-0.39, 0.29) is 5.78 Å². The van der Waals surface area contributed by atoms with Crippen LogP contribution in [0.5, 0.6) is 5.75 Å². The van der Waals surface area contributed by atoms with Crippen LogP contribution in [0, 0.1) is 0 Å². The van der Waals surface area contributed by atoms with Gasteiger partial charge < -0.3 is 9.64 Å². The fourth-order valence-corrected chi connectivity index (χ4v) is 2.17. The Hall–Kier alpha value is -2.29. The van der Waals surface area contributed by atoms with Crippen molar-refractivity contribution in [1.82, 2.24) is 0 Å². The van der Waals surface area contributed by atoms with Crippen molar-refractivity contribution in [3.8, 4) is 5.75 Å². The molecule has 0 radical (unpaired) electrons. The van der Waals surface area contributed by atoms with Crippen molar-refractivity contribution in [3.63, 3.8) is 0 Å². The van der Waals surface area contributed by atoms with Crippen LogP contribution in [0.2, 0.25) is 0 Å². The molecular formula is C17H19NO2. The zero-order valence-corrected chi connectivity index (χ0v) is 11.9. The molecule has 0 spiro atoms. The molecule has 0 amide bonds. The Balaban J connectivity index is 2.00. The van der Waals surface area contributed by atoms with Gasteiger partial charge in [0.1, 0.15) is 5.75 Å². The minimum absolute atomic E-state index is 0.185. The van der Waals surface area contributed by atoms with Gasteiger partial charge in [0.2, 0.25) is 0 Å². The van der Waals surface area contributed by atoms with Crippen molar-refractivity contribution in [2.75, 3.05) is 25.6 Å². The van der Waals surface area contributed by atoms with E-state index in [9.17, 15) is 4.79 Å². The van der Waals surface area contributed by atoms with E-state index >= 15 is 0 Å². The largest absolute Gasteiger partial charge is 0.495 e. The fourth-order valence-electron chi connectivity index (χ4n) is 2.17. The molecule has 0 unspecified atom stereocenters. The lowest BCUT2D eigenvalue weighted by Crippen LogP contribution is -2.27. The molecule has 104 valence electrons. The van der Waals surface area contributed by atoms with E-state index in [4.69, 9.17) is 4.74 Å². The molecule has 0 aliphatic carbocycles. The summed E-state index contributed by atoms with van der Waals surface area (Å²) < 4.78 is 5.31. The molecule has 0 heterocycles. The number of likely N-dealkylation sites (N-methyl/N-ethyl adjacent to an activating group) is 1. The summed E-state index contributed by atoms with van der Waals surface area (Å²) in [5.41, 5.74) is 1.97. The standard InChI is InChI=1S/C17H19NO2/c1-18(16-10-6-7-11-17(16)20-2)13-15(19)12-14-8-4-3-5-9-14/h3-11H,12-13H2,1-2H3. The molecule has 3 heteroatoms. The molecule has 0 atom stereocenters. The SMILES string of the molecule is COc1ccccc1N(C)CC(=O)Cc1ccccc1. The Kier molecular flexibility index (Phi) is 4.77. The van der Waals surface area contributed by atoms with Gasteiger partial charge in [-0.1, -0.05) is 42.5 Å². The molecule has 0 bridgehead atoms. The van der Waals surface area contributed by atoms with Gasteiger partial charge in [0.05, 0.1) is 19.3 Å². The van der Waals surface area contributed by atoms with E-state index in [0.717, 1.165) is 17.0 Å². The lowest BCUT2D eigenvalue weighted by Gasteiger charge is -2.20. The summed E-state index contributed by atoms with van der Waals surface area (Å²) in [4.78, 5) is 14.0. The summed E-state index contributed by atoms with van der Waals surface area (Å²) in [6.45, 7) is 0.370. The van der Waals surface area contributed by atoms with Gasteiger partial charge in [0.15, 0.2) is 5.78 Å². The van der Waals surface area contributed by atoms with Crippen LogP contribution in [0.4, 0.5) is 5.69 Å². The lowest BCUT2D eigenvalue weighted by atomic mass is 10.1. The lowest BCUT2D eigenvalue weighted by molar-refractivity contribution is -0.117. The minimum Gasteiger partial charge on any atom is -0.495 e. The average molecular weight is 269 g/mol. The molecule has 3 nitrogen and oxygen atoms in total. The summed E-state index contributed by atoms with van der Waals surface area (Å²) in [5.74, 6) is 0.965. The van der Waals surface area contributed by atoms with E-state index in [2.05, 4.69) is 0 Å². The van der Waals surface area contributed by atoms with Gasteiger partial charge in [-0.2, -0.15) is 0 Å². The highest BCUT2D eigenvalue weighted by molar-refractivity contribution is 5.85. The Morgan fingerprint density at radius 1 is 1.05 bits per heavy atom. The second kappa shape index (κ2) is 6.75. The Labute approximate surface area is 119 Å². The molecule has 2 aromatic carbocycles. The van der Waals surface area contributed by atoms with E-state index < -0.39 is 0 Å². The predicted molar refractivity (Wildman–Crippen MR) is 81.4 cm³/mol. The number of anilines is 1. The number of nitrogens with zero attached hydrogens (tertiary/aromatic N) is 1. The van der Waals surface area contributed by atoms with Crippen LogP contribution < -0.4 is 9.64 Å². The molecular weight excluding hydrogens is 250 g/mol. The predicted octanol–water partition coefficient (Wildman–Crippen LogP) is 2.94. The molecule has 2 rings (SSSR count). The number of ether oxygens (including phenoxy) is 1. The first-order valence-electron chi connectivity index (χ1n) is 6.60. The molecule has 2 aromatic rings. The van der Waals surface area contributed by atoms with Crippen molar-refractivity contribution < 1.29 is 9.53 Å². The number of carbonyl (C=O) groups is 1. The highest BCUT2D eigenvalue weighted by atomic mass is 16.5. The molecule has 20 heavy (non-hydrogen) atoms. The van der Waals surface area contributed by atoms with E-state index in [1.54, 1.807) is 7.11 Å². The van der Waals surface area contributed by atoms with Gasteiger partial charge in [-0.15, -0.1) is 0 Å². The van der Waals surface area contributed by atoms with Crippen LogP contribution in [0.3, 0.4) is 0 Å². The van der Waals surface area contributed by atoms with Crippen LogP contribution >= 0.6 is 0 Å². The third kappa shape index (κ3) is 3.60. The van der Waals surface area contributed by atoms with E-state index in [1.165, 1.54) is 0 Å². The van der Waals surface area contributed by atoms with Gasteiger partial charge in [0.25, 0.3) is 0 Å². The number of rotatable bonds is 6. The molecule has 0 fully saturated rings. The zero-order valence-electron chi connectivity index (χ0n) is 11.9. The van der Waals surface area contributed by atoms with Gasteiger partial charge >= 0.3 is 0 Å². The van der Waals surface area contributed by atoms with Gasteiger partial charge in [-0.25, -0.2) is 0 Å². The first-order chi connectivity index (χ1) is 9.70. The topological polar surface area (TPSA) is 29.5 Å². The Morgan fingerprint density at radius 2 is 1.70 bits per heavy atom. The van der Waals surface area contributed by atoms with E-state index in [1.807, 2.05) is 66.5 Å². The van der Waals surface area contributed by atoms with Crippen molar-refractivity contribution in [2.45, 2.75) is 6.42 Å². The summed E-state index contributed by atoms with van der Waals surface area (Å²) >= 11 is 0. The number of carbonyl (C=O) groups excluding carboxylic acids is 1. The number of benzene rings is 2. The Bertz CT molecular complexity index is 566. The van der Waals surface area contributed by atoms with Gasteiger partial charge in [-0.05, 0) is 17.7 Å². The normalized spacial score (nSPS) is 10.1. The van der Waals surface area contributed by atoms with Crippen molar-refractivity contribution in [1.29, 1.82) is 0 Å². The second-order valence-electron chi connectivity index (χ2n) is 4.73. The van der Waals surface area contributed by atoms with Crippen molar-refractivity contribution >= 4 is 11.5 Å². The zero-order chi connectivity index (χ0) is 14.4. The monoisotopic (exact) mass is 269 g/mol. The van der Waals surface area contributed by atoms with Gasteiger partial charge in [-0.3, -0.25) is 4.79 Å². The maximum Gasteiger partial charge on any atom is 0.156 e. The smallest absolute Gasteiger partial charge is 0.156 e. The van der Waals surface area contributed by atoms with E-state index in [0.29, 0.717) is 13.0 Å². The van der Waals surface area contributed by atoms with Crippen LogP contribution in [-0.2, 0) is 11.2 Å². The van der Waals surface area contributed by atoms with Crippen LogP contribution in [0.1, 0.15) is 5.56 Å².